The lowest BCUT2D eigenvalue weighted by molar-refractivity contribution is -0.116. The molecule has 2 nitrogen and oxygen atoms in total. The molecule has 1 rings (SSSR count). The highest BCUT2D eigenvalue weighted by Crippen LogP contribution is 2.16. The van der Waals surface area contributed by atoms with Crippen LogP contribution in [0.3, 0.4) is 0 Å². The van der Waals surface area contributed by atoms with Crippen molar-refractivity contribution in [2.75, 3.05) is 0 Å². The molecule has 0 aliphatic rings. The van der Waals surface area contributed by atoms with Gasteiger partial charge in [0.1, 0.15) is 11.5 Å². The number of aryl methyl sites for hydroxylation is 2. The largest absolute Gasteiger partial charge is 0.508 e. The second-order valence-corrected chi connectivity index (χ2v) is 3.31. The van der Waals surface area contributed by atoms with Crippen LogP contribution in [0, 0.1) is 6.92 Å². The van der Waals surface area contributed by atoms with Crippen molar-refractivity contribution in [1.82, 2.24) is 0 Å². The van der Waals surface area contributed by atoms with E-state index in [-0.39, 0.29) is 11.5 Å². The average molecular weight is 178 g/mol. The molecule has 0 fully saturated rings. The van der Waals surface area contributed by atoms with E-state index in [1.807, 2.05) is 13.0 Å². The molecule has 0 aliphatic heterocycles. The number of hydrogen-bond acceptors (Lipinski definition) is 2. The van der Waals surface area contributed by atoms with Crippen LogP contribution in [0.15, 0.2) is 18.2 Å². The molecule has 0 saturated heterocycles. The van der Waals surface area contributed by atoms with Gasteiger partial charge in [-0.05, 0) is 43.5 Å². The van der Waals surface area contributed by atoms with E-state index in [0.29, 0.717) is 6.42 Å². The molecule has 13 heavy (non-hydrogen) atoms. The zero-order chi connectivity index (χ0) is 9.84. The topological polar surface area (TPSA) is 37.3 Å². The third-order valence-electron chi connectivity index (χ3n) is 2.07. The van der Waals surface area contributed by atoms with Crippen molar-refractivity contribution in [2.45, 2.75) is 26.7 Å². The Labute approximate surface area is 78.2 Å². The Morgan fingerprint density at radius 2 is 2.15 bits per heavy atom. The lowest BCUT2D eigenvalue weighted by Gasteiger charge is -2.04. The van der Waals surface area contributed by atoms with E-state index in [0.717, 1.165) is 17.5 Å². The lowest BCUT2D eigenvalue weighted by atomic mass is 10.0. The fourth-order valence-electron chi connectivity index (χ4n) is 1.27. The maximum atomic E-state index is 10.7. The third kappa shape index (κ3) is 2.90. The predicted octanol–water partition coefficient (Wildman–Crippen LogP) is 2.22. The van der Waals surface area contributed by atoms with Gasteiger partial charge in [-0.1, -0.05) is 6.07 Å². The van der Waals surface area contributed by atoms with Gasteiger partial charge in [0, 0.05) is 6.42 Å². The molecule has 2 heteroatoms. The lowest BCUT2D eigenvalue weighted by Crippen LogP contribution is -1.95. The Morgan fingerprint density at radius 3 is 2.69 bits per heavy atom. The van der Waals surface area contributed by atoms with Crippen LogP contribution in [0.5, 0.6) is 5.75 Å². The summed E-state index contributed by atoms with van der Waals surface area (Å²) < 4.78 is 0. The minimum atomic E-state index is 0.201. The molecule has 0 aliphatic carbocycles. The SMILES string of the molecule is CC(=O)CCc1ccc(O)cc1C. The van der Waals surface area contributed by atoms with Crippen molar-refractivity contribution in [1.29, 1.82) is 0 Å². The number of Topliss-reactive ketones (excluding diaryl/α,β-unsaturated/α-hetero) is 1. The smallest absolute Gasteiger partial charge is 0.130 e. The highest BCUT2D eigenvalue weighted by atomic mass is 16.3. The van der Waals surface area contributed by atoms with Crippen molar-refractivity contribution in [3.63, 3.8) is 0 Å². The highest BCUT2D eigenvalue weighted by molar-refractivity contribution is 5.75. The minimum Gasteiger partial charge on any atom is -0.508 e. The highest BCUT2D eigenvalue weighted by Gasteiger charge is 2.00. The molecular formula is C11H14O2. The van der Waals surface area contributed by atoms with E-state index in [9.17, 15) is 4.79 Å². The summed E-state index contributed by atoms with van der Waals surface area (Å²) in [5.74, 6) is 0.483. The van der Waals surface area contributed by atoms with Gasteiger partial charge in [0.05, 0.1) is 0 Å². The van der Waals surface area contributed by atoms with Gasteiger partial charge in [-0.15, -0.1) is 0 Å². The first-order valence-electron chi connectivity index (χ1n) is 4.37. The van der Waals surface area contributed by atoms with E-state index in [1.54, 1.807) is 19.1 Å². The summed E-state index contributed by atoms with van der Waals surface area (Å²) in [6.07, 6.45) is 1.34. The number of aromatic hydroxyl groups is 1. The normalized spacial score (nSPS) is 10.0. The molecule has 0 aromatic heterocycles. The molecule has 0 saturated carbocycles. The number of hydrogen-bond donors (Lipinski definition) is 1. The standard InChI is InChI=1S/C11H14O2/c1-8-7-11(13)6-5-10(8)4-3-9(2)12/h5-7,13H,3-4H2,1-2H3. The molecule has 0 heterocycles. The van der Waals surface area contributed by atoms with Gasteiger partial charge in [-0.25, -0.2) is 0 Å². The Balaban J connectivity index is 2.72. The monoisotopic (exact) mass is 178 g/mol. The zero-order valence-electron chi connectivity index (χ0n) is 8.00. The molecule has 70 valence electrons. The maximum absolute atomic E-state index is 10.7. The second kappa shape index (κ2) is 4.08. The van der Waals surface area contributed by atoms with Crippen LogP contribution in [0.25, 0.3) is 0 Å². The number of ketones is 1. The van der Waals surface area contributed by atoms with Crippen molar-refractivity contribution < 1.29 is 9.90 Å². The first-order valence-corrected chi connectivity index (χ1v) is 4.37. The van der Waals surface area contributed by atoms with Crippen LogP contribution in [-0.2, 0) is 11.2 Å². The maximum Gasteiger partial charge on any atom is 0.130 e. The summed E-state index contributed by atoms with van der Waals surface area (Å²) >= 11 is 0. The van der Waals surface area contributed by atoms with E-state index in [2.05, 4.69) is 0 Å². The van der Waals surface area contributed by atoms with Gasteiger partial charge >= 0.3 is 0 Å². The van der Waals surface area contributed by atoms with Crippen molar-refractivity contribution in [3.05, 3.63) is 29.3 Å². The molecule has 0 spiro atoms. The van der Waals surface area contributed by atoms with Crippen LogP contribution in [0.4, 0.5) is 0 Å². The van der Waals surface area contributed by atoms with Gasteiger partial charge in [-0.2, -0.15) is 0 Å². The Bertz CT molecular complexity index is 316. The summed E-state index contributed by atoms with van der Waals surface area (Å²) in [6, 6.07) is 5.24. The number of phenolic OH excluding ortho intramolecular Hbond substituents is 1. The van der Waals surface area contributed by atoms with Crippen LogP contribution in [-0.4, -0.2) is 10.9 Å². The molecule has 0 bridgehead atoms. The molecule has 0 radical (unpaired) electrons. The van der Waals surface area contributed by atoms with Crippen molar-refractivity contribution in [2.24, 2.45) is 0 Å². The number of rotatable bonds is 3. The summed E-state index contributed by atoms with van der Waals surface area (Å²) in [4.78, 5) is 10.7. The molecular weight excluding hydrogens is 164 g/mol. The summed E-state index contributed by atoms with van der Waals surface area (Å²) in [7, 11) is 0. The van der Waals surface area contributed by atoms with Crippen LogP contribution in [0.1, 0.15) is 24.5 Å². The van der Waals surface area contributed by atoms with Gasteiger partial charge in [0.2, 0.25) is 0 Å². The number of carbonyl (C=O) groups is 1. The van der Waals surface area contributed by atoms with E-state index >= 15 is 0 Å². The Hall–Kier alpha value is -1.31. The van der Waals surface area contributed by atoms with Crippen LogP contribution >= 0.6 is 0 Å². The molecule has 1 aromatic rings. The van der Waals surface area contributed by atoms with Gasteiger partial charge in [0.15, 0.2) is 0 Å². The zero-order valence-corrected chi connectivity index (χ0v) is 8.00. The summed E-state index contributed by atoms with van der Waals surface area (Å²) in [5.41, 5.74) is 2.18. The predicted molar refractivity (Wildman–Crippen MR) is 51.8 cm³/mol. The molecule has 1 N–H and O–H groups in total. The van der Waals surface area contributed by atoms with Gasteiger partial charge in [0.25, 0.3) is 0 Å². The Morgan fingerprint density at radius 1 is 1.46 bits per heavy atom. The second-order valence-electron chi connectivity index (χ2n) is 3.31. The van der Waals surface area contributed by atoms with Crippen LogP contribution in [0.2, 0.25) is 0 Å². The Kier molecular flexibility index (Phi) is 3.07. The van der Waals surface area contributed by atoms with Crippen LogP contribution < -0.4 is 0 Å². The fraction of sp³-hybridized carbons (Fsp3) is 0.364. The van der Waals surface area contributed by atoms with Gasteiger partial charge in [-0.3, -0.25) is 0 Å². The average Bonchev–Trinajstić information content (AvgIpc) is 2.02. The third-order valence-corrected chi connectivity index (χ3v) is 2.07. The number of phenols is 1. The molecule has 0 unspecified atom stereocenters. The molecule has 0 atom stereocenters. The van der Waals surface area contributed by atoms with Crippen molar-refractivity contribution >= 4 is 5.78 Å². The number of carbonyl (C=O) groups excluding carboxylic acids is 1. The van der Waals surface area contributed by atoms with Crippen molar-refractivity contribution in [3.8, 4) is 5.75 Å². The fourth-order valence-corrected chi connectivity index (χ4v) is 1.27. The number of benzene rings is 1. The quantitative estimate of drug-likeness (QED) is 0.770. The first kappa shape index (κ1) is 9.78. The molecule has 0 amide bonds. The first-order chi connectivity index (χ1) is 6.09. The van der Waals surface area contributed by atoms with E-state index in [4.69, 9.17) is 5.11 Å². The van der Waals surface area contributed by atoms with E-state index in [1.165, 1.54) is 0 Å². The summed E-state index contributed by atoms with van der Waals surface area (Å²) in [6.45, 7) is 3.53. The summed E-state index contributed by atoms with van der Waals surface area (Å²) in [5, 5.41) is 9.15. The van der Waals surface area contributed by atoms with Gasteiger partial charge < -0.3 is 9.90 Å². The minimum absolute atomic E-state index is 0.201. The van der Waals surface area contributed by atoms with E-state index < -0.39 is 0 Å². The molecule has 1 aromatic carbocycles.